The van der Waals surface area contributed by atoms with Gasteiger partial charge in [-0.25, -0.2) is 17.6 Å². The van der Waals surface area contributed by atoms with E-state index in [0.717, 1.165) is 11.8 Å². The Balaban J connectivity index is 1.52. The highest BCUT2D eigenvalue weighted by molar-refractivity contribution is 7.78. The van der Waals surface area contributed by atoms with Crippen molar-refractivity contribution in [2.75, 3.05) is 0 Å². The van der Waals surface area contributed by atoms with Gasteiger partial charge in [0, 0.05) is 5.56 Å². The van der Waals surface area contributed by atoms with Crippen LogP contribution in [0.25, 0.3) is 0 Å². The first kappa shape index (κ1) is 20.8. The molecule has 0 unspecified atom stereocenters. The Bertz CT molecular complexity index is 1040. The van der Waals surface area contributed by atoms with E-state index >= 15 is 0 Å². The van der Waals surface area contributed by atoms with Crippen LogP contribution in [0.2, 0.25) is 0 Å². The van der Waals surface area contributed by atoms with Crippen molar-refractivity contribution in [2.45, 2.75) is 44.4 Å². The van der Waals surface area contributed by atoms with E-state index < -0.39 is 34.5 Å². The molecule has 0 heterocycles. The van der Waals surface area contributed by atoms with Gasteiger partial charge in [0.2, 0.25) is 0 Å². The van der Waals surface area contributed by atoms with Gasteiger partial charge in [-0.2, -0.15) is 4.99 Å². The van der Waals surface area contributed by atoms with Crippen molar-refractivity contribution in [1.29, 1.82) is 0 Å². The second-order valence-electron chi connectivity index (χ2n) is 8.00. The number of hydrogen-bond donors (Lipinski definition) is 0. The minimum Gasteiger partial charge on any atom is -0.202 e. The number of hydrogen-bond acceptors (Lipinski definition) is 2. The second-order valence-corrected chi connectivity index (χ2v) is 8.19. The third-order valence-corrected chi connectivity index (χ3v) is 6.26. The number of thiocarbonyl (C=S) groups is 1. The zero-order chi connectivity index (χ0) is 21.3. The standard InChI is InChI=1S/C24H19F4NS/c25-20-19(21(26)23(28)24(22(20)27)29-13-30)12-3-14-1-4-15(5-2-14)16-6-8-17(9-7-16)18-10-11-18/h1-2,4-5,16-18H,6-11H2. The van der Waals surface area contributed by atoms with Gasteiger partial charge in [0.1, 0.15) is 5.56 Å². The van der Waals surface area contributed by atoms with E-state index in [0.29, 0.717) is 11.5 Å². The lowest BCUT2D eigenvalue weighted by molar-refractivity contribution is 0.296. The van der Waals surface area contributed by atoms with Crippen LogP contribution in [0.3, 0.4) is 0 Å². The van der Waals surface area contributed by atoms with Crippen molar-refractivity contribution in [3.05, 3.63) is 64.2 Å². The van der Waals surface area contributed by atoms with Gasteiger partial charge in [0.15, 0.2) is 29.0 Å². The lowest BCUT2D eigenvalue weighted by Gasteiger charge is -2.28. The summed E-state index contributed by atoms with van der Waals surface area (Å²) >= 11 is 4.24. The molecule has 0 spiro atoms. The SMILES string of the molecule is Fc1c(F)c(N=C=S)c(F)c(F)c1C#Cc1ccc(C2CCC(C3CC3)CC2)cc1. The van der Waals surface area contributed by atoms with E-state index in [-0.39, 0.29) is 0 Å². The average Bonchev–Trinajstić information content (AvgIpc) is 3.61. The zero-order valence-corrected chi connectivity index (χ0v) is 17.0. The van der Waals surface area contributed by atoms with Crippen LogP contribution in [0.5, 0.6) is 0 Å². The molecule has 0 bridgehead atoms. The Kier molecular flexibility index (Phi) is 6.04. The summed E-state index contributed by atoms with van der Waals surface area (Å²) in [4.78, 5) is 3.05. The molecule has 0 aromatic heterocycles. The molecule has 2 saturated carbocycles. The van der Waals surface area contributed by atoms with Crippen LogP contribution in [0.4, 0.5) is 23.2 Å². The van der Waals surface area contributed by atoms with E-state index in [9.17, 15) is 17.6 Å². The number of isothiocyanates is 1. The third-order valence-electron chi connectivity index (χ3n) is 6.17. The molecular weight excluding hydrogens is 410 g/mol. The number of nitrogens with zero attached hydrogens (tertiary/aromatic N) is 1. The molecule has 4 rings (SSSR count). The van der Waals surface area contributed by atoms with E-state index in [1.165, 1.54) is 44.1 Å². The summed E-state index contributed by atoms with van der Waals surface area (Å²) in [7, 11) is 0. The van der Waals surface area contributed by atoms with Crippen molar-refractivity contribution in [3.8, 4) is 11.8 Å². The van der Waals surface area contributed by atoms with Crippen LogP contribution >= 0.6 is 12.2 Å². The molecule has 2 aromatic carbocycles. The third kappa shape index (κ3) is 4.19. The Morgan fingerprint density at radius 1 is 0.733 bits per heavy atom. The van der Waals surface area contributed by atoms with Gasteiger partial charge < -0.3 is 0 Å². The largest absolute Gasteiger partial charge is 0.202 e. The van der Waals surface area contributed by atoms with E-state index in [4.69, 9.17) is 0 Å². The molecule has 0 aliphatic heterocycles. The molecule has 2 aliphatic carbocycles. The molecule has 2 fully saturated rings. The maximum absolute atomic E-state index is 14.1. The monoisotopic (exact) mass is 429 g/mol. The van der Waals surface area contributed by atoms with Crippen LogP contribution in [0, 0.1) is 46.9 Å². The first-order chi connectivity index (χ1) is 14.5. The topological polar surface area (TPSA) is 12.4 Å². The number of halogens is 4. The van der Waals surface area contributed by atoms with Crippen LogP contribution in [-0.4, -0.2) is 5.16 Å². The van der Waals surface area contributed by atoms with Crippen molar-refractivity contribution in [1.82, 2.24) is 0 Å². The fourth-order valence-electron chi connectivity index (χ4n) is 4.34. The molecule has 0 N–H and O–H groups in total. The minimum absolute atomic E-state index is 0.506. The average molecular weight is 429 g/mol. The van der Waals surface area contributed by atoms with Gasteiger partial charge in [0.25, 0.3) is 0 Å². The molecule has 0 amide bonds. The van der Waals surface area contributed by atoms with E-state index in [1.54, 1.807) is 17.3 Å². The molecule has 6 heteroatoms. The summed E-state index contributed by atoms with van der Waals surface area (Å²) in [5, 5.41) is 1.70. The summed E-state index contributed by atoms with van der Waals surface area (Å²) in [6.45, 7) is 0. The Labute approximate surface area is 178 Å². The van der Waals surface area contributed by atoms with Gasteiger partial charge >= 0.3 is 0 Å². The van der Waals surface area contributed by atoms with Crippen LogP contribution in [-0.2, 0) is 0 Å². The van der Waals surface area contributed by atoms with Gasteiger partial charge in [0.05, 0.1) is 5.16 Å². The second kappa shape index (κ2) is 8.71. The summed E-state index contributed by atoms with van der Waals surface area (Å²) in [6.07, 6.45) is 7.68. The Morgan fingerprint density at radius 2 is 1.27 bits per heavy atom. The van der Waals surface area contributed by atoms with Crippen molar-refractivity contribution in [2.24, 2.45) is 16.8 Å². The van der Waals surface area contributed by atoms with Gasteiger partial charge in [-0.15, -0.1) is 0 Å². The highest BCUT2D eigenvalue weighted by Gasteiger charge is 2.34. The molecule has 0 saturated heterocycles. The first-order valence-corrected chi connectivity index (χ1v) is 10.5. The molecular formula is C24H19F4NS. The van der Waals surface area contributed by atoms with Crippen molar-refractivity contribution < 1.29 is 17.6 Å². The maximum atomic E-state index is 14.1. The Morgan fingerprint density at radius 3 is 1.77 bits per heavy atom. The van der Waals surface area contributed by atoms with Gasteiger partial charge in [-0.05, 0) is 86.2 Å². The molecule has 2 aromatic rings. The van der Waals surface area contributed by atoms with Gasteiger partial charge in [-0.1, -0.05) is 24.0 Å². The summed E-state index contributed by atoms with van der Waals surface area (Å²) < 4.78 is 56.1. The number of benzene rings is 2. The van der Waals surface area contributed by atoms with Crippen molar-refractivity contribution in [3.63, 3.8) is 0 Å². The first-order valence-electron chi connectivity index (χ1n) is 10.1. The molecule has 0 atom stereocenters. The molecule has 0 radical (unpaired) electrons. The molecule has 1 nitrogen and oxygen atoms in total. The fraction of sp³-hybridized carbons (Fsp3) is 0.375. The number of aliphatic imine (C=N–C) groups is 1. The van der Waals surface area contributed by atoms with Crippen LogP contribution in [0.15, 0.2) is 29.3 Å². The lowest BCUT2D eigenvalue weighted by atomic mass is 9.77. The Hall–Kier alpha value is -2.48. The normalized spacial score (nSPS) is 20.8. The predicted molar refractivity (Wildman–Crippen MR) is 111 cm³/mol. The lowest BCUT2D eigenvalue weighted by Crippen LogP contribution is -2.14. The molecule has 154 valence electrons. The highest BCUT2D eigenvalue weighted by atomic mass is 32.1. The van der Waals surface area contributed by atoms with Crippen LogP contribution < -0.4 is 0 Å². The minimum atomic E-state index is -1.65. The smallest absolute Gasteiger partial charge is 0.189 e. The quantitative estimate of drug-likeness (QED) is 0.167. The highest BCUT2D eigenvalue weighted by Crippen LogP contribution is 2.47. The maximum Gasteiger partial charge on any atom is 0.189 e. The zero-order valence-electron chi connectivity index (χ0n) is 16.2. The van der Waals surface area contributed by atoms with Gasteiger partial charge in [-0.3, -0.25) is 0 Å². The van der Waals surface area contributed by atoms with Crippen LogP contribution in [0.1, 0.15) is 61.1 Å². The fourth-order valence-corrected chi connectivity index (χ4v) is 4.43. The molecule has 30 heavy (non-hydrogen) atoms. The number of rotatable bonds is 3. The molecule has 2 aliphatic rings. The summed E-state index contributed by atoms with van der Waals surface area (Å²) in [5.41, 5.74) is -0.389. The van der Waals surface area contributed by atoms with Crippen molar-refractivity contribution >= 4 is 23.1 Å². The summed E-state index contributed by atoms with van der Waals surface area (Å²) in [5.74, 6) is 0.650. The van der Waals surface area contributed by atoms with E-state index in [1.807, 2.05) is 12.1 Å². The van der Waals surface area contributed by atoms with E-state index in [2.05, 4.69) is 29.1 Å². The predicted octanol–water partition coefficient (Wildman–Crippen LogP) is 7.06. The summed E-state index contributed by atoms with van der Waals surface area (Å²) in [6, 6.07) is 7.47.